The van der Waals surface area contributed by atoms with E-state index in [1.54, 1.807) is 18.2 Å². The minimum atomic E-state index is -0.637. The third kappa shape index (κ3) is 4.16. The van der Waals surface area contributed by atoms with Gasteiger partial charge < -0.3 is 20.1 Å². The molecule has 2 N–H and O–H groups in total. The van der Waals surface area contributed by atoms with Crippen LogP contribution in [-0.2, 0) is 9.59 Å². The summed E-state index contributed by atoms with van der Waals surface area (Å²) in [7, 11) is 0. The third-order valence-corrected chi connectivity index (χ3v) is 7.20. The van der Waals surface area contributed by atoms with Crippen LogP contribution in [0, 0.1) is 5.82 Å². The van der Waals surface area contributed by atoms with Gasteiger partial charge in [0.15, 0.2) is 17.3 Å². The van der Waals surface area contributed by atoms with Gasteiger partial charge in [0.2, 0.25) is 6.79 Å². The highest BCUT2D eigenvalue weighted by atomic mass is 19.1. The van der Waals surface area contributed by atoms with Crippen LogP contribution >= 0.6 is 0 Å². The number of halogens is 1. The molecule has 0 saturated carbocycles. The molecule has 0 unspecified atom stereocenters. The van der Waals surface area contributed by atoms with Gasteiger partial charge in [-0.2, -0.15) is 0 Å². The van der Waals surface area contributed by atoms with Crippen LogP contribution in [0.1, 0.15) is 42.7 Å². The zero-order valence-corrected chi connectivity index (χ0v) is 20.2. The molecule has 7 heteroatoms. The van der Waals surface area contributed by atoms with Crippen molar-refractivity contribution in [2.75, 3.05) is 12.1 Å². The molecule has 186 valence electrons. The van der Waals surface area contributed by atoms with E-state index in [0.29, 0.717) is 41.2 Å². The van der Waals surface area contributed by atoms with Crippen molar-refractivity contribution < 1.29 is 23.5 Å². The Morgan fingerprint density at radius 3 is 2.51 bits per heavy atom. The molecule has 3 aromatic carbocycles. The number of amides is 1. The fourth-order valence-corrected chi connectivity index (χ4v) is 5.48. The Hall–Kier alpha value is -4.39. The third-order valence-electron chi connectivity index (χ3n) is 7.20. The summed E-state index contributed by atoms with van der Waals surface area (Å²) in [5, 5.41) is 6.07. The van der Waals surface area contributed by atoms with Crippen LogP contribution in [0.4, 0.5) is 10.1 Å². The van der Waals surface area contributed by atoms with Crippen molar-refractivity contribution in [3.8, 4) is 11.5 Å². The van der Waals surface area contributed by atoms with Crippen LogP contribution in [0.2, 0.25) is 0 Å². The normalized spacial score (nSPS) is 20.4. The molecule has 2 aliphatic heterocycles. The first-order chi connectivity index (χ1) is 18.0. The lowest BCUT2D eigenvalue weighted by Gasteiger charge is -2.37. The second-order valence-electron chi connectivity index (χ2n) is 9.47. The van der Waals surface area contributed by atoms with Gasteiger partial charge in [-0.1, -0.05) is 48.5 Å². The zero-order chi connectivity index (χ0) is 25.5. The van der Waals surface area contributed by atoms with Crippen molar-refractivity contribution in [1.29, 1.82) is 0 Å². The second kappa shape index (κ2) is 9.24. The lowest BCUT2D eigenvalue weighted by atomic mass is 9.71. The average molecular weight is 497 g/mol. The van der Waals surface area contributed by atoms with E-state index in [1.807, 2.05) is 49.4 Å². The molecule has 6 rings (SSSR count). The van der Waals surface area contributed by atoms with E-state index in [4.69, 9.17) is 9.47 Å². The highest BCUT2D eigenvalue weighted by Gasteiger charge is 2.41. The Bertz CT molecular complexity index is 1480. The number of fused-ring (bicyclic) bond motifs is 1. The Morgan fingerprint density at radius 2 is 1.70 bits per heavy atom. The summed E-state index contributed by atoms with van der Waals surface area (Å²) in [5.41, 5.74) is 4.29. The van der Waals surface area contributed by atoms with Crippen LogP contribution < -0.4 is 20.1 Å². The molecule has 0 fully saturated rings. The molecule has 6 nitrogen and oxygen atoms in total. The van der Waals surface area contributed by atoms with Crippen LogP contribution in [0.25, 0.3) is 0 Å². The van der Waals surface area contributed by atoms with Crippen LogP contribution in [-0.4, -0.2) is 18.5 Å². The highest BCUT2D eigenvalue weighted by molar-refractivity contribution is 6.10. The van der Waals surface area contributed by atoms with E-state index in [1.165, 1.54) is 12.1 Å². The maximum Gasteiger partial charge on any atom is 0.254 e. The van der Waals surface area contributed by atoms with Crippen molar-refractivity contribution in [3.05, 3.63) is 112 Å². The van der Waals surface area contributed by atoms with Crippen LogP contribution in [0.3, 0.4) is 0 Å². The summed E-state index contributed by atoms with van der Waals surface area (Å²) in [4.78, 5) is 27.4. The second-order valence-corrected chi connectivity index (χ2v) is 9.47. The molecule has 0 radical (unpaired) electrons. The molecule has 3 aromatic rings. The van der Waals surface area contributed by atoms with Crippen molar-refractivity contribution >= 4 is 17.4 Å². The van der Waals surface area contributed by atoms with Crippen molar-refractivity contribution in [3.63, 3.8) is 0 Å². The lowest BCUT2D eigenvalue weighted by Crippen LogP contribution is -2.37. The number of para-hydroxylation sites is 1. The molecule has 1 amide bonds. The van der Waals surface area contributed by atoms with E-state index in [9.17, 15) is 14.0 Å². The standard InChI is InChI=1S/C30H25FN2O4/c1-17-27(30(35)33-22-10-6-5-9-21(22)31)28(19-11-12-25-26(15-19)37-16-36-25)29-23(32-17)13-20(14-24(29)34)18-7-3-2-4-8-18/h2-12,15,20,28,32H,13-14,16H2,1H3,(H,33,35)/t20-,28+/m1/s1. The fraction of sp³-hybridized carbons (Fsp3) is 0.200. The lowest BCUT2D eigenvalue weighted by molar-refractivity contribution is -0.116. The van der Waals surface area contributed by atoms with Gasteiger partial charge in [0.25, 0.3) is 5.91 Å². The number of nitrogens with one attached hydrogen (secondary N) is 2. The number of dihydropyridines is 1. The number of ether oxygens (including phenoxy) is 2. The van der Waals surface area contributed by atoms with E-state index in [2.05, 4.69) is 10.6 Å². The molecule has 37 heavy (non-hydrogen) atoms. The van der Waals surface area contributed by atoms with Gasteiger partial charge in [0, 0.05) is 34.9 Å². The average Bonchev–Trinajstić information content (AvgIpc) is 3.37. The number of carbonyl (C=O) groups excluding carboxylic acids is 2. The summed E-state index contributed by atoms with van der Waals surface area (Å²) in [6.45, 7) is 1.93. The summed E-state index contributed by atoms with van der Waals surface area (Å²) < 4.78 is 25.4. The summed E-state index contributed by atoms with van der Waals surface area (Å²) in [5.74, 6) is -0.437. The van der Waals surface area contributed by atoms with Crippen molar-refractivity contribution in [2.24, 2.45) is 0 Å². The number of Topliss-reactive ketones (excluding diaryl/α,β-unsaturated/α-hetero) is 1. The molecule has 3 aliphatic rings. The first kappa shape index (κ1) is 23.0. The van der Waals surface area contributed by atoms with Gasteiger partial charge in [0.1, 0.15) is 5.82 Å². The molecular formula is C30H25FN2O4. The number of rotatable bonds is 4. The van der Waals surface area contributed by atoms with Gasteiger partial charge in [-0.15, -0.1) is 0 Å². The molecule has 0 aromatic heterocycles. The van der Waals surface area contributed by atoms with Crippen LogP contribution in [0.5, 0.6) is 11.5 Å². The molecule has 0 saturated heterocycles. The SMILES string of the molecule is CC1=C(C(=O)Nc2ccccc2F)[C@H](c2ccc3c(c2)OCO3)C2=C(C[C@@H](c3ccccc3)CC2=O)N1. The number of allylic oxidation sites excluding steroid dienone is 3. The minimum Gasteiger partial charge on any atom is -0.454 e. The minimum absolute atomic E-state index is 0.0195. The number of anilines is 1. The van der Waals surface area contributed by atoms with E-state index in [-0.39, 0.29) is 24.2 Å². The maximum absolute atomic E-state index is 14.4. The van der Waals surface area contributed by atoms with E-state index in [0.717, 1.165) is 16.8 Å². The zero-order valence-electron chi connectivity index (χ0n) is 20.2. The molecule has 2 atom stereocenters. The number of benzene rings is 3. The molecule has 0 bridgehead atoms. The molecular weight excluding hydrogens is 471 g/mol. The monoisotopic (exact) mass is 496 g/mol. The number of hydrogen-bond acceptors (Lipinski definition) is 5. The molecule has 2 heterocycles. The summed E-state index contributed by atoms with van der Waals surface area (Å²) in [6, 6.07) is 21.5. The van der Waals surface area contributed by atoms with E-state index >= 15 is 0 Å². The summed E-state index contributed by atoms with van der Waals surface area (Å²) in [6.07, 6.45) is 0.985. The highest BCUT2D eigenvalue weighted by Crippen LogP contribution is 2.47. The predicted octanol–water partition coefficient (Wildman–Crippen LogP) is 5.55. The Kier molecular flexibility index (Phi) is 5.75. The summed E-state index contributed by atoms with van der Waals surface area (Å²) >= 11 is 0. The number of hydrogen-bond donors (Lipinski definition) is 2. The predicted molar refractivity (Wildman–Crippen MR) is 137 cm³/mol. The fourth-order valence-electron chi connectivity index (χ4n) is 5.48. The van der Waals surface area contributed by atoms with Gasteiger partial charge in [-0.25, -0.2) is 4.39 Å². The van der Waals surface area contributed by atoms with Gasteiger partial charge in [-0.3, -0.25) is 9.59 Å². The van der Waals surface area contributed by atoms with Crippen molar-refractivity contribution in [1.82, 2.24) is 5.32 Å². The van der Waals surface area contributed by atoms with Gasteiger partial charge in [0.05, 0.1) is 5.69 Å². The Labute approximate surface area is 213 Å². The van der Waals surface area contributed by atoms with Crippen LogP contribution in [0.15, 0.2) is 95.3 Å². The maximum atomic E-state index is 14.4. The first-order valence-corrected chi connectivity index (χ1v) is 12.2. The quantitative estimate of drug-likeness (QED) is 0.495. The first-order valence-electron chi connectivity index (χ1n) is 12.2. The Morgan fingerprint density at radius 1 is 0.946 bits per heavy atom. The number of carbonyl (C=O) groups is 2. The molecule has 0 spiro atoms. The van der Waals surface area contributed by atoms with Crippen molar-refractivity contribution in [2.45, 2.75) is 31.6 Å². The number of ketones is 1. The largest absolute Gasteiger partial charge is 0.454 e. The Balaban J connectivity index is 1.43. The van der Waals surface area contributed by atoms with Gasteiger partial charge in [-0.05, 0) is 54.7 Å². The topological polar surface area (TPSA) is 76.7 Å². The van der Waals surface area contributed by atoms with Gasteiger partial charge >= 0.3 is 0 Å². The molecule has 1 aliphatic carbocycles. The van der Waals surface area contributed by atoms with E-state index < -0.39 is 17.6 Å². The smallest absolute Gasteiger partial charge is 0.254 e.